The van der Waals surface area contributed by atoms with Gasteiger partial charge < -0.3 is 15.4 Å². The number of hydrogen-bond acceptors (Lipinski definition) is 6. The van der Waals surface area contributed by atoms with Crippen molar-refractivity contribution in [3.05, 3.63) is 0 Å². The minimum absolute atomic E-state index is 0.0393. The first-order valence-corrected chi connectivity index (χ1v) is 6.08. The summed E-state index contributed by atoms with van der Waals surface area (Å²) < 4.78 is 4.77. The Balaban J connectivity index is 2.29. The van der Waals surface area contributed by atoms with E-state index < -0.39 is 11.9 Å². The van der Waals surface area contributed by atoms with Crippen molar-refractivity contribution in [3.63, 3.8) is 0 Å². The van der Waals surface area contributed by atoms with Crippen molar-refractivity contribution in [2.45, 2.75) is 6.04 Å². The molecule has 1 atom stereocenters. The van der Waals surface area contributed by atoms with E-state index in [1.165, 1.54) is 7.11 Å². The number of ether oxygens (including phenoxy) is 1. The van der Waals surface area contributed by atoms with Gasteiger partial charge in [-0.15, -0.1) is 0 Å². The first-order chi connectivity index (χ1) is 9.17. The number of amides is 3. The highest BCUT2D eigenvalue weighted by Crippen LogP contribution is 2.01. The quantitative estimate of drug-likeness (QED) is 0.511. The molecule has 3 amide bonds. The predicted octanol–water partition coefficient (Wildman–Crippen LogP) is -1.74. The zero-order valence-electron chi connectivity index (χ0n) is 10.9. The van der Waals surface area contributed by atoms with Crippen LogP contribution in [-0.4, -0.2) is 69.3 Å². The molecule has 1 rings (SSSR count). The molecule has 0 aliphatic carbocycles. The van der Waals surface area contributed by atoms with Crippen molar-refractivity contribution in [1.29, 1.82) is 5.26 Å². The summed E-state index contributed by atoms with van der Waals surface area (Å²) in [5.41, 5.74) is 0. The summed E-state index contributed by atoms with van der Waals surface area (Å²) in [6.45, 7) is 2.63. The van der Waals surface area contributed by atoms with E-state index >= 15 is 0 Å². The van der Waals surface area contributed by atoms with Gasteiger partial charge in [0.2, 0.25) is 5.91 Å². The number of carbonyl (C=O) groups is 2. The molecule has 1 unspecified atom stereocenters. The van der Waals surface area contributed by atoms with Gasteiger partial charge in [-0.2, -0.15) is 5.26 Å². The monoisotopic (exact) mass is 269 g/mol. The third-order valence-corrected chi connectivity index (χ3v) is 2.69. The maximum Gasteiger partial charge on any atom is 0.321 e. The second-order valence-electron chi connectivity index (χ2n) is 4.12. The van der Waals surface area contributed by atoms with Gasteiger partial charge >= 0.3 is 6.03 Å². The fourth-order valence-electron chi connectivity index (χ4n) is 1.72. The lowest BCUT2D eigenvalue weighted by atomic mass is 10.2. The Morgan fingerprint density at radius 1 is 1.58 bits per heavy atom. The molecule has 8 heteroatoms. The van der Waals surface area contributed by atoms with Crippen molar-refractivity contribution >= 4 is 11.9 Å². The molecular formula is C11H19N5O3. The topological polar surface area (TPSA) is 106 Å². The Labute approximate surface area is 112 Å². The molecule has 0 aromatic rings. The largest absolute Gasteiger partial charge is 0.383 e. The lowest BCUT2D eigenvalue weighted by Gasteiger charge is -2.30. The number of hydrogen-bond donors (Lipinski definition) is 3. The first-order valence-electron chi connectivity index (χ1n) is 6.08. The van der Waals surface area contributed by atoms with Crippen molar-refractivity contribution in [2.24, 2.45) is 0 Å². The fraction of sp³-hybridized carbons (Fsp3) is 0.727. The van der Waals surface area contributed by atoms with Crippen molar-refractivity contribution in [2.75, 3.05) is 46.4 Å². The van der Waals surface area contributed by atoms with Gasteiger partial charge in [-0.3, -0.25) is 15.0 Å². The van der Waals surface area contributed by atoms with Crippen molar-refractivity contribution < 1.29 is 14.3 Å². The predicted molar refractivity (Wildman–Crippen MR) is 67.3 cm³/mol. The number of methoxy groups -OCH3 is 1. The molecule has 1 fully saturated rings. The second kappa shape index (κ2) is 8.42. The highest BCUT2D eigenvalue weighted by Gasteiger charge is 2.24. The van der Waals surface area contributed by atoms with Crippen LogP contribution in [0.3, 0.4) is 0 Å². The fourth-order valence-corrected chi connectivity index (χ4v) is 1.72. The molecular weight excluding hydrogens is 250 g/mol. The summed E-state index contributed by atoms with van der Waals surface area (Å²) in [5.74, 6) is -0.419. The Bertz CT molecular complexity index is 355. The number of urea groups is 1. The highest BCUT2D eigenvalue weighted by molar-refractivity contribution is 5.95. The van der Waals surface area contributed by atoms with Crippen LogP contribution in [0.4, 0.5) is 4.79 Å². The summed E-state index contributed by atoms with van der Waals surface area (Å²) in [6, 6.07) is 1.23. The van der Waals surface area contributed by atoms with E-state index in [9.17, 15) is 9.59 Å². The van der Waals surface area contributed by atoms with Crippen LogP contribution in [-0.2, 0) is 9.53 Å². The third kappa shape index (κ3) is 5.65. The maximum atomic E-state index is 11.6. The Morgan fingerprint density at radius 2 is 2.37 bits per heavy atom. The molecule has 0 radical (unpaired) electrons. The molecule has 19 heavy (non-hydrogen) atoms. The van der Waals surface area contributed by atoms with E-state index in [2.05, 4.69) is 22.0 Å². The molecule has 0 aromatic heterocycles. The smallest absolute Gasteiger partial charge is 0.321 e. The Morgan fingerprint density at radius 3 is 3.05 bits per heavy atom. The van der Waals surface area contributed by atoms with Crippen LogP contribution < -0.4 is 16.0 Å². The van der Waals surface area contributed by atoms with Gasteiger partial charge in [0.05, 0.1) is 19.2 Å². The van der Waals surface area contributed by atoms with E-state index in [1.807, 2.05) is 0 Å². The summed E-state index contributed by atoms with van der Waals surface area (Å²) in [7, 11) is 1.52. The maximum absolute atomic E-state index is 11.6. The molecule has 0 spiro atoms. The van der Waals surface area contributed by atoms with Gasteiger partial charge in [-0.05, 0) is 0 Å². The lowest BCUT2D eigenvalue weighted by molar-refractivity contribution is -0.121. The molecule has 3 N–H and O–H groups in total. The molecule has 0 bridgehead atoms. The number of nitrogens with zero attached hydrogens (tertiary/aromatic N) is 2. The van der Waals surface area contributed by atoms with Gasteiger partial charge in [-0.1, -0.05) is 0 Å². The summed E-state index contributed by atoms with van der Waals surface area (Å²) >= 11 is 0. The van der Waals surface area contributed by atoms with Gasteiger partial charge in [0.15, 0.2) is 0 Å². The van der Waals surface area contributed by atoms with Crippen LogP contribution in [0.2, 0.25) is 0 Å². The van der Waals surface area contributed by atoms with Crippen LogP contribution in [0, 0.1) is 11.3 Å². The molecule has 0 saturated carbocycles. The van der Waals surface area contributed by atoms with Gasteiger partial charge in [0, 0.05) is 33.3 Å². The minimum Gasteiger partial charge on any atom is -0.383 e. The number of nitrogens with one attached hydrogen (secondary N) is 3. The van der Waals surface area contributed by atoms with Crippen molar-refractivity contribution in [3.8, 4) is 6.07 Å². The molecule has 1 aliphatic rings. The van der Waals surface area contributed by atoms with E-state index in [0.29, 0.717) is 26.2 Å². The van der Waals surface area contributed by atoms with Crippen LogP contribution in [0.25, 0.3) is 0 Å². The highest BCUT2D eigenvalue weighted by atomic mass is 16.5. The van der Waals surface area contributed by atoms with E-state index in [0.717, 1.165) is 6.54 Å². The van der Waals surface area contributed by atoms with Crippen LogP contribution in [0.1, 0.15) is 0 Å². The number of rotatable bonds is 5. The summed E-state index contributed by atoms with van der Waals surface area (Å²) in [4.78, 5) is 24.7. The number of carbonyl (C=O) groups excluding carboxylic acids is 2. The van der Waals surface area contributed by atoms with Crippen molar-refractivity contribution in [1.82, 2.24) is 20.9 Å². The SMILES string of the molecule is COCCNC(=O)NC(=O)CN1CCNCC1C#N. The summed E-state index contributed by atoms with van der Waals surface area (Å²) in [6.07, 6.45) is 0. The molecule has 1 heterocycles. The Hall–Kier alpha value is -1.69. The first kappa shape index (κ1) is 15.4. The van der Waals surface area contributed by atoms with E-state index in [-0.39, 0.29) is 12.6 Å². The normalized spacial score (nSPS) is 19.5. The number of nitriles is 1. The zero-order valence-corrected chi connectivity index (χ0v) is 10.9. The molecule has 8 nitrogen and oxygen atoms in total. The minimum atomic E-state index is -0.550. The second-order valence-corrected chi connectivity index (χ2v) is 4.12. The molecule has 0 aromatic carbocycles. The van der Waals surface area contributed by atoms with E-state index in [4.69, 9.17) is 10.00 Å². The van der Waals surface area contributed by atoms with Crippen LogP contribution >= 0.6 is 0 Å². The average molecular weight is 269 g/mol. The van der Waals surface area contributed by atoms with Gasteiger partial charge in [-0.25, -0.2) is 4.79 Å². The van der Waals surface area contributed by atoms with Gasteiger partial charge in [0.1, 0.15) is 6.04 Å². The third-order valence-electron chi connectivity index (χ3n) is 2.69. The Kier molecular flexibility index (Phi) is 6.81. The zero-order chi connectivity index (χ0) is 14.1. The average Bonchev–Trinajstić information content (AvgIpc) is 2.39. The molecule has 1 saturated heterocycles. The van der Waals surface area contributed by atoms with Crippen LogP contribution in [0.15, 0.2) is 0 Å². The number of piperazine rings is 1. The summed E-state index contributed by atoms with van der Waals surface area (Å²) in [5, 5.41) is 16.7. The van der Waals surface area contributed by atoms with Crippen LogP contribution in [0.5, 0.6) is 0 Å². The lowest BCUT2D eigenvalue weighted by Crippen LogP contribution is -2.54. The van der Waals surface area contributed by atoms with E-state index in [1.54, 1.807) is 4.90 Å². The molecule has 1 aliphatic heterocycles. The number of imide groups is 1. The standard InChI is InChI=1S/C11H19N5O3/c1-19-5-3-14-11(18)15-10(17)8-16-4-2-13-7-9(16)6-12/h9,13H,2-5,7-8H2,1H3,(H2,14,15,17,18). The van der Waals surface area contributed by atoms with Gasteiger partial charge in [0.25, 0.3) is 0 Å². The molecule has 106 valence electrons.